The molecule has 2 aromatic carbocycles. The SMILES string of the molecule is COc1ccc2c(c1)CCC(C)(CN1CCCCC1c1ccccc1)C2=O. The number of carbonyl (C=O) groups excluding carboxylic acids is 1. The first-order valence-electron chi connectivity index (χ1n) is 10.1. The number of fused-ring (bicyclic) bond motifs is 1. The van der Waals surface area contributed by atoms with Crippen LogP contribution in [0, 0.1) is 5.41 Å². The van der Waals surface area contributed by atoms with E-state index >= 15 is 0 Å². The van der Waals surface area contributed by atoms with Crippen LogP contribution in [-0.2, 0) is 6.42 Å². The fourth-order valence-electron chi connectivity index (χ4n) is 4.81. The summed E-state index contributed by atoms with van der Waals surface area (Å²) in [6, 6.07) is 17.1. The van der Waals surface area contributed by atoms with Gasteiger partial charge in [-0.1, -0.05) is 43.7 Å². The largest absolute Gasteiger partial charge is 0.497 e. The topological polar surface area (TPSA) is 29.5 Å². The number of aryl methyl sites for hydroxylation is 1. The number of benzene rings is 2. The molecule has 2 unspecified atom stereocenters. The molecule has 3 nitrogen and oxygen atoms in total. The lowest BCUT2D eigenvalue weighted by molar-refractivity contribution is 0.0553. The third-order valence-electron chi connectivity index (χ3n) is 6.40. The number of ketones is 1. The number of rotatable bonds is 4. The minimum atomic E-state index is -0.314. The highest BCUT2D eigenvalue weighted by Gasteiger charge is 2.41. The van der Waals surface area contributed by atoms with Gasteiger partial charge < -0.3 is 4.74 Å². The van der Waals surface area contributed by atoms with Crippen LogP contribution in [0.5, 0.6) is 5.75 Å². The number of likely N-dealkylation sites (tertiary alicyclic amines) is 1. The van der Waals surface area contributed by atoms with Gasteiger partial charge in [0.15, 0.2) is 5.78 Å². The first-order valence-corrected chi connectivity index (χ1v) is 10.1. The van der Waals surface area contributed by atoms with Gasteiger partial charge >= 0.3 is 0 Å². The smallest absolute Gasteiger partial charge is 0.170 e. The molecule has 0 radical (unpaired) electrons. The van der Waals surface area contributed by atoms with Crippen LogP contribution < -0.4 is 4.74 Å². The summed E-state index contributed by atoms with van der Waals surface area (Å²) >= 11 is 0. The summed E-state index contributed by atoms with van der Waals surface area (Å²) in [5.74, 6) is 1.13. The number of piperidine rings is 1. The first kappa shape index (κ1) is 18.2. The number of Topliss-reactive ketones (excluding diaryl/α,β-unsaturated/α-hetero) is 1. The normalized spacial score (nSPS) is 25.9. The number of hydrogen-bond acceptors (Lipinski definition) is 3. The fourth-order valence-corrected chi connectivity index (χ4v) is 4.81. The van der Waals surface area contributed by atoms with Gasteiger partial charge in [-0.3, -0.25) is 9.69 Å². The molecular formula is C24H29NO2. The molecule has 1 aliphatic heterocycles. The van der Waals surface area contributed by atoms with Crippen LogP contribution >= 0.6 is 0 Å². The Morgan fingerprint density at radius 2 is 1.96 bits per heavy atom. The van der Waals surface area contributed by atoms with E-state index in [4.69, 9.17) is 4.74 Å². The van der Waals surface area contributed by atoms with E-state index in [1.54, 1.807) is 7.11 Å². The molecule has 2 atom stereocenters. The lowest BCUT2D eigenvalue weighted by Gasteiger charge is -2.43. The summed E-state index contributed by atoms with van der Waals surface area (Å²) in [4.78, 5) is 15.9. The Labute approximate surface area is 162 Å². The Balaban J connectivity index is 1.58. The standard InChI is InChI=1S/C24H29NO2/c1-24(14-13-19-16-20(27-2)11-12-21(19)23(24)26)17-25-15-7-6-10-22(25)18-8-4-3-5-9-18/h3-5,8-9,11-12,16,22H,6-7,10,13-15,17H2,1-2H3. The summed E-state index contributed by atoms with van der Waals surface area (Å²) in [6.45, 7) is 4.09. The van der Waals surface area contributed by atoms with Crippen molar-refractivity contribution in [2.24, 2.45) is 5.41 Å². The lowest BCUT2D eigenvalue weighted by atomic mass is 9.71. The van der Waals surface area contributed by atoms with Crippen LogP contribution in [0.4, 0.5) is 0 Å². The van der Waals surface area contributed by atoms with Gasteiger partial charge in [-0.15, -0.1) is 0 Å². The van der Waals surface area contributed by atoms with Crippen LogP contribution in [0.25, 0.3) is 0 Å². The van der Waals surface area contributed by atoms with Crippen LogP contribution in [0.15, 0.2) is 48.5 Å². The van der Waals surface area contributed by atoms with Crippen molar-refractivity contribution in [3.8, 4) is 5.75 Å². The zero-order valence-corrected chi connectivity index (χ0v) is 16.4. The summed E-state index contributed by atoms with van der Waals surface area (Å²) in [7, 11) is 1.68. The van der Waals surface area contributed by atoms with Gasteiger partial charge in [-0.2, -0.15) is 0 Å². The Morgan fingerprint density at radius 3 is 2.74 bits per heavy atom. The van der Waals surface area contributed by atoms with Crippen molar-refractivity contribution in [2.45, 2.75) is 45.1 Å². The van der Waals surface area contributed by atoms with Gasteiger partial charge in [-0.05, 0) is 61.6 Å². The average Bonchev–Trinajstić information content (AvgIpc) is 2.72. The minimum Gasteiger partial charge on any atom is -0.497 e. The molecule has 0 spiro atoms. The first-order chi connectivity index (χ1) is 13.1. The number of hydrogen-bond donors (Lipinski definition) is 0. The van der Waals surface area contributed by atoms with Crippen molar-refractivity contribution in [1.29, 1.82) is 0 Å². The molecule has 1 saturated heterocycles. The molecular weight excluding hydrogens is 334 g/mol. The molecule has 142 valence electrons. The van der Waals surface area contributed by atoms with E-state index in [1.807, 2.05) is 18.2 Å². The van der Waals surface area contributed by atoms with Crippen molar-refractivity contribution >= 4 is 5.78 Å². The van der Waals surface area contributed by atoms with Crippen LogP contribution in [0.3, 0.4) is 0 Å². The van der Waals surface area contributed by atoms with Gasteiger partial charge in [-0.25, -0.2) is 0 Å². The highest BCUT2D eigenvalue weighted by Crippen LogP contribution is 2.40. The third-order valence-corrected chi connectivity index (χ3v) is 6.40. The van der Waals surface area contributed by atoms with E-state index in [0.29, 0.717) is 11.8 Å². The molecule has 3 heteroatoms. The zero-order chi connectivity index (χ0) is 18.9. The Kier molecular flexibility index (Phi) is 5.05. The second-order valence-corrected chi connectivity index (χ2v) is 8.31. The Hall–Kier alpha value is -2.13. The molecule has 0 bridgehead atoms. The van der Waals surface area contributed by atoms with Crippen molar-refractivity contribution in [3.05, 3.63) is 65.2 Å². The van der Waals surface area contributed by atoms with E-state index in [-0.39, 0.29) is 5.41 Å². The highest BCUT2D eigenvalue weighted by molar-refractivity contribution is 6.02. The van der Waals surface area contributed by atoms with Crippen molar-refractivity contribution in [3.63, 3.8) is 0 Å². The van der Waals surface area contributed by atoms with Crippen LogP contribution in [0.1, 0.15) is 60.1 Å². The lowest BCUT2D eigenvalue weighted by Crippen LogP contribution is -2.46. The second kappa shape index (κ2) is 7.47. The van der Waals surface area contributed by atoms with E-state index in [2.05, 4.69) is 42.2 Å². The maximum Gasteiger partial charge on any atom is 0.170 e. The average molecular weight is 364 g/mol. The third kappa shape index (κ3) is 3.53. The summed E-state index contributed by atoms with van der Waals surface area (Å²) in [5, 5.41) is 0. The van der Waals surface area contributed by atoms with E-state index in [0.717, 1.165) is 42.8 Å². The van der Waals surface area contributed by atoms with Gasteiger partial charge in [0.1, 0.15) is 5.75 Å². The molecule has 4 rings (SSSR count). The fraction of sp³-hybridized carbons (Fsp3) is 0.458. The zero-order valence-electron chi connectivity index (χ0n) is 16.4. The van der Waals surface area contributed by atoms with Crippen molar-refractivity contribution in [1.82, 2.24) is 4.90 Å². The second-order valence-electron chi connectivity index (χ2n) is 8.31. The molecule has 0 N–H and O–H groups in total. The summed E-state index contributed by atoms with van der Waals surface area (Å²) < 4.78 is 5.33. The number of ether oxygens (including phenoxy) is 1. The molecule has 0 aromatic heterocycles. The Morgan fingerprint density at radius 1 is 1.15 bits per heavy atom. The summed E-state index contributed by atoms with van der Waals surface area (Å²) in [6.07, 6.45) is 5.52. The predicted molar refractivity (Wildman–Crippen MR) is 108 cm³/mol. The van der Waals surface area contributed by atoms with Crippen LogP contribution in [-0.4, -0.2) is 30.9 Å². The minimum absolute atomic E-state index is 0.295. The molecule has 1 heterocycles. The molecule has 0 saturated carbocycles. The van der Waals surface area contributed by atoms with Crippen molar-refractivity contribution < 1.29 is 9.53 Å². The Bertz CT molecular complexity index is 816. The van der Waals surface area contributed by atoms with Gasteiger partial charge in [0, 0.05) is 23.6 Å². The van der Waals surface area contributed by atoms with Gasteiger partial charge in [0.25, 0.3) is 0 Å². The van der Waals surface area contributed by atoms with Crippen LogP contribution in [0.2, 0.25) is 0 Å². The van der Waals surface area contributed by atoms with E-state index < -0.39 is 0 Å². The monoisotopic (exact) mass is 363 g/mol. The molecule has 2 aromatic rings. The molecule has 1 aliphatic carbocycles. The maximum atomic E-state index is 13.4. The molecule has 2 aliphatic rings. The predicted octanol–water partition coefficient (Wildman–Crippen LogP) is 5.06. The van der Waals surface area contributed by atoms with E-state index in [9.17, 15) is 4.79 Å². The number of methoxy groups -OCH3 is 1. The van der Waals surface area contributed by atoms with Gasteiger partial charge in [0.05, 0.1) is 7.11 Å². The highest BCUT2D eigenvalue weighted by atomic mass is 16.5. The number of nitrogens with zero attached hydrogens (tertiary/aromatic N) is 1. The number of carbonyl (C=O) groups is 1. The van der Waals surface area contributed by atoms with Crippen molar-refractivity contribution in [2.75, 3.05) is 20.2 Å². The summed E-state index contributed by atoms with van der Waals surface area (Å²) in [5.41, 5.74) is 3.09. The molecule has 1 fully saturated rings. The molecule has 0 amide bonds. The quantitative estimate of drug-likeness (QED) is 0.761. The van der Waals surface area contributed by atoms with Gasteiger partial charge in [0.2, 0.25) is 0 Å². The maximum absolute atomic E-state index is 13.4. The molecule has 27 heavy (non-hydrogen) atoms. The van der Waals surface area contributed by atoms with E-state index in [1.165, 1.54) is 24.8 Å².